The van der Waals surface area contributed by atoms with Gasteiger partial charge in [0, 0.05) is 23.0 Å². The molecule has 4 heteroatoms. The van der Waals surface area contributed by atoms with E-state index in [1.165, 1.54) is 0 Å². The lowest BCUT2D eigenvalue weighted by Gasteiger charge is -2.16. The molecule has 0 nitrogen and oxygen atoms in total. The van der Waals surface area contributed by atoms with Crippen LogP contribution in [0.3, 0.4) is 0 Å². The molecule has 2 aliphatic rings. The summed E-state index contributed by atoms with van der Waals surface area (Å²) in [6.07, 6.45) is 3.16. The van der Waals surface area contributed by atoms with Crippen LogP contribution < -0.4 is 0 Å². The summed E-state index contributed by atoms with van der Waals surface area (Å²) in [6, 6.07) is 0. The zero-order valence-corrected chi connectivity index (χ0v) is 9.16. The van der Waals surface area contributed by atoms with Gasteiger partial charge < -0.3 is 0 Å². The van der Waals surface area contributed by atoms with Crippen molar-refractivity contribution in [1.82, 2.24) is 0 Å². The highest BCUT2D eigenvalue weighted by Gasteiger charge is 2.46. The van der Waals surface area contributed by atoms with Gasteiger partial charge in [-0.2, -0.15) is 0 Å². The van der Waals surface area contributed by atoms with Gasteiger partial charge in [0.15, 0.2) is 23.3 Å². The first-order chi connectivity index (χ1) is 8.07. The number of hydrogen-bond donors (Lipinski definition) is 0. The van der Waals surface area contributed by atoms with Crippen LogP contribution in [0.1, 0.15) is 42.7 Å². The first kappa shape index (κ1) is 10.8. The third-order valence-electron chi connectivity index (χ3n) is 3.92. The van der Waals surface area contributed by atoms with Crippen LogP contribution in [0.5, 0.6) is 0 Å². The molecular weight excluding hydrogens is 232 g/mol. The lowest BCUT2D eigenvalue weighted by molar-refractivity contribution is 0.394. The Kier molecular flexibility index (Phi) is 2.12. The SMILES string of the molecule is CC=C1[C@H]2CC[C@@H]1c1c(F)c(F)c(F)c(F)c12. The normalized spacial score (nSPS) is 27.9. The van der Waals surface area contributed by atoms with Crippen LogP contribution in [0.15, 0.2) is 11.6 Å². The Balaban J connectivity index is 2.36. The summed E-state index contributed by atoms with van der Waals surface area (Å²) < 4.78 is 53.8. The number of halogens is 4. The summed E-state index contributed by atoms with van der Waals surface area (Å²) in [6.45, 7) is 1.79. The van der Waals surface area contributed by atoms with Crippen molar-refractivity contribution < 1.29 is 17.6 Å². The summed E-state index contributed by atoms with van der Waals surface area (Å²) in [4.78, 5) is 0. The molecule has 2 atom stereocenters. The maximum Gasteiger partial charge on any atom is 0.197 e. The number of benzene rings is 1. The van der Waals surface area contributed by atoms with Crippen LogP contribution in [-0.2, 0) is 0 Å². The molecule has 3 rings (SSSR count). The van der Waals surface area contributed by atoms with E-state index >= 15 is 0 Å². The smallest absolute Gasteiger partial charge is 0.197 e. The average Bonchev–Trinajstić information content (AvgIpc) is 2.88. The highest BCUT2D eigenvalue weighted by Crippen LogP contribution is 2.58. The Morgan fingerprint density at radius 3 is 1.59 bits per heavy atom. The van der Waals surface area contributed by atoms with Crippen molar-refractivity contribution in [3.05, 3.63) is 46.0 Å². The highest BCUT2D eigenvalue weighted by atomic mass is 19.2. The summed E-state index contributed by atoms with van der Waals surface area (Å²) in [5.41, 5.74) is 0.958. The molecule has 17 heavy (non-hydrogen) atoms. The topological polar surface area (TPSA) is 0 Å². The predicted octanol–water partition coefficient (Wildman–Crippen LogP) is 4.16. The molecule has 1 aromatic rings. The Bertz CT molecular complexity index is 500. The quantitative estimate of drug-likeness (QED) is 0.277. The van der Waals surface area contributed by atoms with Crippen molar-refractivity contribution >= 4 is 0 Å². The molecule has 0 unspecified atom stereocenters. The lowest BCUT2D eigenvalue weighted by Crippen LogP contribution is -2.09. The third-order valence-corrected chi connectivity index (χ3v) is 3.92. The minimum atomic E-state index is -1.69. The van der Waals surface area contributed by atoms with Gasteiger partial charge in [0.2, 0.25) is 0 Å². The summed E-state index contributed by atoms with van der Waals surface area (Å²) >= 11 is 0. The fourth-order valence-electron chi connectivity index (χ4n) is 3.28. The molecule has 0 heterocycles. The molecule has 0 spiro atoms. The Hall–Kier alpha value is -1.32. The van der Waals surface area contributed by atoms with Crippen LogP contribution in [0, 0.1) is 23.3 Å². The van der Waals surface area contributed by atoms with Crippen LogP contribution in [0.2, 0.25) is 0 Å². The van der Waals surface area contributed by atoms with E-state index in [0.717, 1.165) is 5.57 Å². The van der Waals surface area contributed by atoms with Crippen molar-refractivity contribution in [2.24, 2.45) is 0 Å². The fraction of sp³-hybridized carbons (Fsp3) is 0.385. The zero-order valence-electron chi connectivity index (χ0n) is 9.16. The van der Waals surface area contributed by atoms with E-state index < -0.39 is 23.3 Å². The molecule has 1 saturated carbocycles. The lowest BCUT2D eigenvalue weighted by atomic mass is 9.90. The number of rotatable bonds is 0. The van der Waals surface area contributed by atoms with Crippen molar-refractivity contribution in [2.45, 2.75) is 31.6 Å². The second-order valence-electron chi connectivity index (χ2n) is 4.55. The van der Waals surface area contributed by atoms with E-state index in [0.29, 0.717) is 12.8 Å². The van der Waals surface area contributed by atoms with E-state index in [4.69, 9.17) is 0 Å². The minimum absolute atomic E-state index is 0.0331. The molecule has 1 aromatic carbocycles. The van der Waals surface area contributed by atoms with E-state index in [1.807, 2.05) is 0 Å². The predicted molar refractivity (Wildman–Crippen MR) is 54.7 cm³/mol. The maximum atomic E-state index is 13.7. The van der Waals surface area contributed by atoms with Crippen LogP contribution in [-0.4, -0.2) is 0 Å². The Morgan fingerprint density at radius 1 is 0.824 bits per heavy atom. The van der Waals surface area contributed by atoms with Gasteiger partial charge in [-0.1, -0.05) is 11.6 Å². The van der Waals surface area contributed by atoms with Crippen molar-refractivity contribution in [2.75, 3.05) is 0 Å². The first-order valence-electron chi connectivity index (χ1n) is 5.59. The molecule has 0 saturated heterocycles. The van der Waals surface area contributed by atoms with E-state index in [1.54, 1.807) is 13.0 Å². The summed E-state index contributed by atoms with van der Waals surface area (Å²) in [5.74, 6) is -6.36. The molecule has 0 aromatic heterocycles. The van der Waals surface area contributed by atoms with E-state index in [-0.39, 0.29) is 23.0 Å². The molecule has 1 fully saturated rings. The van der Waals surface area contributed by atoms with Crippen molar-refractivity contribution in [1.29, 1.82) is 0 Å². The molecule has 90 valence electrons. The Labute approximate surface area is 95.9 Å². The van der Waals surface area contributed by atoms with Gasteiger partial charge in [0.1, 0.15) is 0 Å². The molecule has 0 N–H and O–H groups in total. The van der Waals surface area contributed by atoms with E-state index in [9.17, 15) is 17.6 Å². The second kappa shape index (κ2) is 3.34. The Morgan fingerprint density at radius 2 is 1.24 bits per heavy atom. The monoisotopic (exact) mass is 242 g/mol. The zero-order chi connectivity index (χ0) is 12.3. The van der Waals surface area contributed by atoms with Crippen LogP contribution in [0.4, 0.5) is 17.6 Å². The fourth-order valence-corrected chi connectivity index (χ4v) is 3.28. The van der Waals surface area contributed by atoms with Gasteiger partial charge >= 0.3 is 0 Å². The highest BCUT2D eigenvalue weighted by molar-refractivity contribution is 5.54. The molecule has 0 amide bonds. The van der Waals surface area contributed by atoms with Crippen LogP contribution >= 0.6 is 0 Å². The molecule has 0 radical (unpaired) electrons. The maximum absolute atomic E-state index is 13.7. The standard InChI is InChI=1S/C13H10F4/c1-2-5-6-3-4-7(5)9-8(6)10(14)12(16)13(17)11(9)15/h2,6-7H,3-4H2,1H3/t6-,7+. The largest absolute Gasteiger partial charge is 0.203 e. The minimum Gasteiger partial charge on any atom is -0.203 e. The van der Waals surface area contributed by atoms with Gasteiger partial charge in [-0.15, -0.1) is 0 Å². The van der Waals surface area contributed by atoms with Crippen molar-refractivity contribution in [3.8, 4) is 0 Å². The van der Waals surface area contributed by atoms with Gasteiger partial charge in [0.25, 0.3) is 0 Å². The number of fused-ring (bicyclic) bond motifs is 5. The third kappa shape index (κ3) is 1.13. The molecule has 2 aliphatic carbocycles. The molecule has 0 aliphatic heterocycles. The number of hydrogen-bond acceptors (Lipinski definition) is 0. The first-order valence-corrected chi connectivity index (χ1v) is 5.59. The van der Waals surface area contributed by atoms with Gasteiger partial charge in [-0.3, -0.25) is 0 Å². The van der Waals surface area contributed by atoms with Gasteiger partial charge in [0.05, 0.1) is 0 Å². The molecular formula is C13H10F4. The van der Waals surface area contributed by atoms with Gasteiger partial charge in [-0.25, -0.2) is 17.6 Å². The average molecular weight is 242 g/mol. The molecule has 2 bridgehead atoms. The van der Waals surface area contributed by atoms with Gasteiger partial charge in [-0.05, 0) is 19.8 Å². The second-order valence-corrected chi connectivity index (χ2v) is 4.55. The van der Waals surface area contributed by atoms with E-state index in [2.05, 4.69) is 0 Å². The van der Waals surface area contributed by atoms with Crippen LogP contribution in [0.25, 0.3) is 0 Å². The summed E-state index contributed by atoms with van der Waals surface area (Å²) in [7, 11) is 0. The van der Waals surface area contributed by atoms with Crippen molar-refractivity contribution in [3.63, 3.8) is 0 Å². The summed E-state index contributed by atoms with van der Waals surface area (Å²) in [5, 5.41) is 0. The number of allylic oxidation sites excluding steroid dienone is 2.